The Morgan fingerprint density at radius 2 is 1.67 bits per heavy atom. The molecule has 0 radical (unpaired) electrons. The molecule has 0 saturated carbocycles. The minimum Gasteiger partial charge on any atom is -0.432 e. The quantitative estimate of drug-likeness (QED) is 0.821. The Kier molecular flexibility index (Phi) is 4.18. The molecule has 0 atom stereocenters. The standard InChI is InChI=1S/C14H12ClNOS/c1-10-2-8-13(9-3-10)17-14(18)16-12-6-4-11(15)5-7-12/h2-9H,1H3,(H,16,18). The molecule has 4 heteroatoms. The molecular formula is C14H12ClNOS. The molecule has 0 heterocycles. The van der Waals surface area contributed by atoms with Crippen molar-refractivity contribution in [3.05, 3.63) is 59.1 Å². The summed E-state index contributed by atoms with van der Waals surface area (Å²) >= 11 is 10.9. The minimum atomic E-state index is 0.307. The molecule has 0 unspecified atom stereocenters. The van der Waals surface area contributed by atoms with Crippen LogP contribution in [0.25, 0.3) is 0 Å². The number of rotatable bonds is 2. The molecule has 2 aromatic carbocycles. The number of thiocarbonyl (C=S) groups is 1. The molecule has 2 aromatic rings. The highest BCUT2D eigenvalue weighted by Crippen LogP contribution is 2.15. The molecule has 0 aliphatic carbocycles. The van der Waals surface area contributed by atoms with Gasteiger partial charge >= 0.3 is 0 Å². The Morgan fingerprint density at radius 1 is 1.06 bits per heavy atom. The zero-order valence-electron chi connectivity index (χ0n) is 9.81. The highest BCUT2D eigenvalue weighted by atomic mass is 35.5. The normalized spacial score (nSPS) is 9.89. The zero-order valence-corrected chi connectivity index (χ0v) is 11.4. The first-order valence-electron chi connectivity index (χ1n) is 5.44. The fourth-order valence-corrected chi connectivity index (χ4v) is 1.73. The van der Waals surface area contributed by atoms with Gasteiger partial charge in [-0.3, -0.25) is 0 Å². The summed E-state index contributed by atoms with van der Waals surface area (Å²) in [5.41, 5.74) is 2.02. The fourth-order valence-electron chi connectivity index (χ4n) is 1.39. The van der Waals surface area contributed by atoms with Crippen LogP contribution in [0.5, 0.6) is 5.75 Å². The van der Waals surface area contributed by atoms with E-state index in [4.69, 9.17) is 28.6 Å². The number of halogens is 1. The highest BCUT2D eigenvalue weighted by Gasteiger charge is 2.00. The van der Waals surface area contributed by atoms with Crippen LogP contribution in [0, 0.1) is 6.92 Å². The second kappa shape index (κ2) is 5.85. The maximum Gasteiger partial charge on any atom is 0.266 e. The van der Waals surface area contributed by atoms with Gasteiger partial charge in [-0.05, 0) is 55.5 Å². The molecule has 0 spiro atoms. The summed E-state index contributed by atoms with van der Waals surface area (Å²) in [6.07, 6.45) is 0. The first-order chi connectivity index (χ1) is 8.63. The van der Waals surface area contributed by atoms with E-state index < -0.39 is 0 Å². The van der Waals surface area contributed by atoms with Crippen molar-refractivity contribution in [3.8, 4) is 5.75 Å². The van der Waals surface area contributed by atoms with Gasteiger partial charge in [-0.2, -0.15) is 0 Å². The van der Waals surface area contributed by atoms with Crippen LogP contribution in [-0.4, -0.2) is 5.17 Å². The molecule has 0 fully saturated rings. The van der Waals surface area contributed by atoms with Gasteiger partial charge in [0.05, 0.1) is 0 Å². The van der Waals surface area contributed by atoms with E-state index in [1.165, 1.54) is 5.56 Å². The third-order valence-corrected chi connectivity index (χ3v) is 2.76. The smallest absolute Gasteiger partial charge is 0.266 e. The van der Waals surface area contributed by atoms with E-state index in [-0.39, 0.29) is 0 Å². The predicted octanol–water partition coefficient (Wildman–Crippen LogP) is 4.42. The predicted molar refractivity (Wildman–Crippen MR) is 79.5 cm³/mol. The van der Waals surface area contributed by atoms with E-state index >= 15 is 0 Å². The highest BCUT2D eigenvalue weighted by molar-refractivity contribution is 7.80. The Bertz CT molecular complexity index is 487. The Balaban J connectivity index is 1.96. The summed E-state index contributed by atoms with van der Waals surface area (Å²) in [5, 5.41) is 3.98. The summed E-state index contributed by atoms with van der Waals surface area (Å²) in [4.78, 5) is 0. The lowest BCUT2D eigenvalue weighted by atomic mass is 10.2. The fraction of sp³-hybridized carbons (Fsp3) is 0.0714. The van der Waals surface area contributed by atoms with E-state index in [0.29, 0.717) is 15.9 Å². The summed E-state index contributed by atoms with van der Waals surface area (Å²) in [6, 6.07) is 15.0. The van der Waals surface area contributed by atoms with Crippen molar-refractivity contribution in [3.63, 3.8) is 0 Å². The molecule has 18 heavy (non-hydrogen) atoms. The van der Waals surface area contributed by atoms with Crippen LogP contribution in [0.2, 0.25) is 5.02 Å². The second-order valence-corrected chi connectivity index (χ2v) is 4.64. The molecule has 2 nitrogen and oxygen atoms in total. The lowest BCUT2D eigenvalue weighted by molar-refractivity contribution is 0.563. The van der Waals surface area contributed by atoms with Crippen LogP contribution < -0.4 is 10.1 Å². The van der Waals surface area contributed by atoms with Gasteiger partial charge < -0.3 is 10.1 Å². The summed E-state index contributed by atoms with van der Waals surface area (Å²) in [5.74, 6) is 0.715. The van der Waals surface area contributed by atoms with Gasteiger partial charge in [0, 0.05) is 10.7 Å². The average Bonchev–Trinajstić information content (AvgIpc) is 2.35. The Labute approximate surface area is 117 Å². The largest absolute Gasteiger partial charge is 0.432 e. The monoisotopic (exact) mass is 277 g/mol. The van der Waals surface area contributed by atoms with Gasteiger partial charge in [-0.25, -0.2) is 0 Å². The van der Waals surface area contributed by atoms with Crippen LogP contribution in [-0.2, 0) is 0 Å². The van der Waals surface area contributed by atoms with Crippen molar-refractivity contribution in [1.82, 2.24) is 0 Å². The topological polar surface area (TPSA) is 21.3 Å². The van der Waals surface area contributed by atoms with Gasteiger partial charge in [0.1, 0.15) is 5.75 Å². The number of aryl methyl sites for hydroxylation is 1. The number of anilines is 1. The molecule has 0 bridgehead atoms. The number of hydrogen-bond donors (Lipinski definition) is 1. The van der Waals surface area contributed by atoms with Gasteiger partial charge in [0.2, 0.25) is 0 Å². The Morgan fingerprint density at radius 3 is 2.28 bits per heavy atom. The van der Waals surface area contributed by atoms with Gasteiger partial charge in [0.15, 0.2) is 0 Å². The number of benzene rings is 2. The lowest BCUT2D eigenvalue weighted by Gasteiger charge is -2.09. The molecule has 0 saturated heterocycles. The molecule has 0 aromatic heterocycles. The van der Waals surface area contributed by atoms with E-state index in [1.807, 2.05) is 43.3 Å². The van der Waals surface area contributed by atoms with Crippen LogP contribution in [0.4, 0.5) is 5.69 Å². The summed E-state index contributed by atoms with van der Waals surface area (Å²) < 4.78 is 5.49. The van der Waals surface area contributed by atoms with Gasteiger partial charge in [-0.1, -0.05) is 29.3 Å². The molecule has 2 rings (SSSR count). The zero-order chi connectivity index (χ0) is 13.0. The molecular weight excluding hydrogens is 266 g/mol. The molecule has 0 aliphatic rings. The van der Waals surface area contributed by atoms with E-state index in [1.54, 1.807) is 12.1 Å². The third kappa shape index (κ3) is 3.72. The number of hydrogen-bond acceptors (Lipinski definition) is 2. The maximum atomic E-state index is 5.80. The SMILES string of the molecule is Cc1ccc(OC(=S)Nc2ccc(Cl)cc2)cc1. The summed E-state index contributed by atoms with van der Waals surface area (Å²) in [7, 11) is 0. The van der Waals surface area contributed by atoms with Crippen molar-refractivity contribution in [1.29, 1.82) is 0 Å². The van der Waals surface area contributed by atoms with Crippen molar-refractivity contribution < 1.29 is 4.74 Å². The average molecular weight is 278 g/mol. The first kappa shape index (κ1) is 12.9. The molecule has 1 N–H and O–H groups in total. The maximum absolute atomic E-state index is 5.80. The van der Waals surface area contributed by atoms with Gasteiger partial charge in [0.25, 0.3) is 5.17 Å². The number of nitrogens with one attached hydrogen (secondary N) is 1. The van der Waals surface area contributed by atoms with Gasteiger partial charge in [-0.15, -0.1) is 0 Å². The van der Waals surface area contributed by atoms with Crippen LogP contribution in [0.1, 0.15) is 5.56 Å². The van der Waals surface area contributed by atoms with E-state index in [9.17, 15) is 0 Å². The number of ether oxygens (including phenoxy) is 1. The van der Waals surface area contributed by atoms with Crippen LogP contribution in [0.3, 0.4) is 0 Å². The van der Waals surface area contributed by atoms with E-state index in [0.717, 1.165) is 5.69 Å². The Hall–Kier alpha value is -1.58. The third-order valence-electron chi connectivity index (χ3n) is 2.32. The summed E-state index contributed by atoms with van der Waals surface area (Å²) in [6.45, 7) is 2.02. The first-order valence-corrected chi connectivity index (χ1v) is 6.23. The van der Waals surface area contributed by atoms with E-state index in [2.05, 4.69) is 5.32 Å². The van der Waals surface area contributed by atoms with Crippen LogP contribution in [0.15, 0.2) is 48.5 Å². The van der Waals surface area contributed by atoms with Crippen molar-refractivity contribution in [2.45, 2.75) is 6.92 Å². The van der Waals surface area contributed by atoms with Crippen molar-refractivity contribution in [2.24, 2.45) is 0 Å². The second-order valence-electron chi connectivity index (χ2n) is 3.83. The van der Waals surface area contributed by atoms with Crippen molar-refractivity contribution >= 4 is 34.7 Å². The molecule has 92 valence electrons. The van der Waals surface area contributed by atoms with Crippen molar-refractivity contribution in [2.75, 3.05) is 5.32 Å². The van der Waals surface area contributed by atoms with Crippen LogP contribution >= 0.6 is 23.8 Å². The molecule has 0 aliphatic heterocycles. The molecule has 0 amide bonds. The lowest BCUT2D eigenvalue weighted by Crippen LogP contribution is -2.16. The minimum absolute atomic E-state index is 0.307.